The third-order valence-corrected chi connectivity index (χ3v) is 5.42. The van der Waals surface area contributed by atoms with E-state index in [0.717, 1.165) is 16.9 Å². The van der Waals surface area contributed by atoms with Crippen LogP contribution >= 0.6 is 0 Å². The first-order chi connectivity index (χ1) is 16.4. The average Bonchev–Trinajstić information content (AvgIpc) is 2.89. The molecule has 0 radical (unpaired) electrons. The van der Waals surface area contributed by atoms with E-state index in [1.807, 2.05) is 39.1 Å². The normalized spacial score (nSPS) is 12.5. The second-order valence-corrected chi connectivity index (χ2v) is 7.25. The Balaban J connectivity index is 0.000000353. The lowest BCUT2D eigenvalue weighted by Crippen LogP contribution is -2.49. The quantitative estimate of drug-likeness (QED) is 0.433. The van der Waals surface area contributed by atoms with Gasteiger partial charge in [-0.2, -0.15) is 0 Å². The van der Waals surface area contributed by atoms with Gasteiger partial charge in [0.1, 0.15) is 18.4 Å². The number of carbonyl (C=O) groups excluding carboxylic acids is 3. The van der Waals surface area contributed by atoms with Crippen molar-refractivity contribution in [3.63, 3.8) is 0 Å². The molecule has 0 saturated carbocycles. The number of rotatable bonds is 6. The van der Waals surface area contributed by atoms with Crippen LogP contribution in [0.3, 0.4) is 0 Å². The van der Waals surface area contributed by atoms with E-state index in [9.17, 15) is 18.4 Å². The maximum Gasteiger partial charge on any atom is 0.286 e. The van der Waals surface area contributed by atoms with Crippen molar-refractivity contribution in [2.45, 2.75) is 19.9 Å². The summed E-state index contributed by atoms with van der Waals surface area (Å²) in [5.74, 6) is -1.65. The average molecular weight is 478 g/mol. The topological polar surface area (TPSA) is 108 Å². The highest BCUT2D eigenvalue weighted by Gasteiger charge is 2.22. The van der Waals surface area contributed by atoms with Gasteiger partial charge in [0.15, 0.2) is 0 Å². The lowest BCUT2D eigenvalue weighted by Gasteiger charge is -2.35. The standard InChI is InChI=1S/C14H16F2N2O2.C9H15N3.CH2O/c1-2-11-12(15)7-10(8-13(11)16)17-3-5-18(6-4-17)14(20)9-19;1-11-8-3-4-9(12-2)7(5-8)6-10;1-2/h7-9H,2-6H2,1H3;3-5,11-12H,6,10H2,1-2H3;1H2. The van der Waals surface area contributed by atoms with E-state index in [0.29, 0.717) is 44.8 Å². The number of anilines is 3. The lowest BCUT2D eigenvalue weighted by atomic mass is 10.1. The van der Waals surface area contributed by atoms with E-state index in [1.54, 1.807) is 11.8 Å². The van der Waals surface area contributed by atoms with Crippen molar-refractivity contribution in [3.8, 4) is 0 Å². The minimum absolute atomic E-state index is 0.0866. The van der Waals surface area contributed by atoms with Crippen molar-refractivity contribution in [3.05, 3.63) is 53.1 Å². The molecule has 0 unspecified atom stereocenters. The number of aldehydes is 1. The minimum atomic E-state index is -0.552. The van der Waals surface area contributed by atoms with Gasteiger partial charge in [-0.1, -0.05) is 6.92 Å². The predicted molar refractivity (Wildman–Crippen MR) is 131 cm³/mol. The number of hydrogen-bond donors (Lipinski definition) is 3. The number of hydrogen-bond acceptors (Lipinski definition) is 7. The van der Waals surface area contributed by atoms with Gasteiger partial charge in [-0.25, -0.2) is 8.78 Å². The zero-order valence-corrected chi connectivity index (χ0v) is 19.9. The van der Waals surface area contributed by atoms with Crippen molar-refractivity contribution in [2.75, 3.05) is 55.8 Å². The number of benzene rings is 2. The summed E-state index contributed by atoms with van der Waals surface area (Å²) in [5, 5.41) is 6.16. The summed E-state index contributed by atoms with van der Waals surface area (Å²) < 4.78 is 27.5. The third-order valence-electron chi connectivity index (χ3n) is 5.42. The highest BCUT2D eigenvalue weighted by atomic mass is 19.1. The zero-order valence-electron chi connectivity index (χ0n) is 19.9. The molecular weight excluding hydrogens is 444 g/mol. The first kappa shape index (κ1) is 28.5. The van der Waals surface area contributed by atoms with Gasteiger partial charge in [0, 0.05) is 69.4 Å². The van der Waals surface area contributed by atoms with E-state index in [1.165, 1.54) is 17.0 Å². The van der Waals surface area contributed by atoms with Gasteiger partial charge in [-0.3, -0.25) is 9.59 Å². The molecule has 1 saturated heterocycles. The molecule has 1 heterocycles. The molecule has 2 aromatic carbocycles. The summed E-state index contributed by atoms with van der Waals surface area (Å²) in [4.78, 5) is 32.9. The number of carbonyl (C=O) groups is 3. The molecule has 8 nitrogen and oxygen atoms in total. The Morgan fingerprint density at radius 2 is 1.65 bits per heavy atom. The van der Waals surface area contributed by atoms with Crippen LogP contribution in [0.2, 0.25) is 0 Å². The largest absolute Gasteiger partial charge is 0.388 e. The Labute approximate surface area is 199 Å². The van der Waals surface area contributed by atoms with Crippen molar-refractivity contribution in [1.29, 1.82) is 0 Å². The van der Waals surface area contributed by atoms with E-state index in [-0.39, 0.29) is 11.8 Å². The summed E-state index contributed by atoms with van der Waals surface area (Å²) in [5.41, 5.74) is 9.45. The number of amides is 1. The number of halogens is 2. The molecule has 4 N–H and O–H groups in total. The van der Waals surface area contributed by atoms with Crippen LogP contribution in [0, 0.1) is 11.6 Å². The molecule has 34 heavy (non-hydrogen) atoms. The molecule has 0 aliphatic carbocycles. The van der Waals surface area contributed by atoms with Crippen molar-refractivity contribution in [2.24, 2.45) is 5.73 Å². The van der Waals surface area contributed by atoms with Crippen LogP contribution in [-0.2, 0) is 27.3 Å². The Morgan fingerprint density at radius 3 is 2.09 bits per heavy atom. The molecule has 0 aromatic heterocycles. The number of nitrogens with zero attached hydrogens (tertiary/aromatic N) is 2. The van der Waals surface area contributed by atoms with Crippen molar-refractivity contribution < 1.29 is 23.2 Å². The van der Waals surface area contributed by atoms with Crippen LogP contribution in [-0.4, -0.2) is 64.2 Å². The van der Waals surface area contributed by atoms with Gasteiger partial charge in [-0.15, -0.1) is 0 Å². The second-order valence-electron chi connectivity index (χ2n) is 7.25. The predicted octanol–water partition coefficient (Wildman–Crippen LogP) is 2.42. The summed E-state index contributed by atoms with van der Waals surface area (Å²) in [6.45, 7) is 5.90. The summed E-state index contributed by atoms with van der Waals surface area (Å²) in [7, 11) is 3.79. The van der Waals surface area contributed by atoms with Gasteiger partial charge in [0.2, 0.25) is 6.29 Å². The molecule has 2 aromatic rings. The molecule has 0 atom stereocenters. The molecule has 1 aliphatic heterocycles. The highest BCUT2D eigenvalue weighted by Crippen LogP contribution is 2.23. The van der Waals surface area contributed by atoms with Crippen molar-refractivity contribution in [1.82, 2.24) is 4.90 Å². The van der Waals surface area contributed by atoms with Gasteiger partial charge in [-0.05, 0) is 42.3 Å². The highest BCUT2D eigenvalue weighted by molar-refractivity contribution is 6.23. The number of piperazine rings is 1. The van der Waals surface area contributed by atoms with Crippen LogP contribution in [0.15, 0.2) is 30.3 Å². The van der Waals surface area contributed by atoms with E-state index < -0.39 is 17.5 Å². The second kappa shape index (κ2) is 14.6. The van der Waals surface area contributed by atoms with Crippen LogP contribution < -0.4 is 21.3 Å². The van der Waals surface area contributed by atoms with Crippen LogP contribution in [0.25, 0.3) is 0 Å². The maximum atomic E-state index is 13.7. The first-order valence-electron chi connectivity index (χ1n) is 10.8. The van der Waals surface area contributed by atoms with Crippen LogP contribution in [0.1, 0.15) is 18.1 Å². The lowest BCUT2D eigenvalue weighted by molar-refractivity contribution is -0.139. The van der Waals surface area contributed by atoms with Gasteiger partial charge >= 0.3 is 0 Å². The van der Waals surface area contributed by atoms with Gasteiger partial charge < -0.3 is 31.0 Å². The fourth-order valence-electron chi connectivity index (χ4n) is 3.53. The van der Waals surface area contributed by atoms with Gasteiger partial charge in [0.05, 0.1) is 0 Å². The molecule has 3 rings (SSSR count). The van der Waals surface area contributed by atoms with E-state index in [2.05, 4.69) is 10.6 Å². The number of nitrogens with two attached hydrogens (primary N) is 1. The maximum absolute atomic E-state index is 13.7. The molecule has 1 fully saturated rings. The Kier molecular flexibility index (Phi) is 12.2. The Morgan fingerprint density at radius 1 is 1.06 bits per heavy atom. The molecule has 1 amide bonds. The van der Waals surface area contributed by atoms with Gasteiger partial charge in [0.25, 0.3) is 5.91 Å². The van der Waals surface area contributed by atoms with Crippen molar-refractivity contribution >= 4 is 36.0 Å². The minimum Gasteiger partial charge on any atom is -0.388 e. The zero-order chi connectivity index (χ0) is 25.7. The summed E-state index contributed by atoms with van der Waals surface area (Å²) in [6.07, 6.45) is 0.588. The summed E-state index contributed by atoms with van der Waals surface area (Å²) >= 11 is 0. The fraction of sp³-hybridized carbons (Fsp3) is 0.375. The SMILES string of the molecule is C=O.CCc1c(F)cc(N2CCN(C(=O)C=O)CC2)cc1F.CNc1ccc(NC)c(CN)c1. The number of nitrogens with one attached hydrogen (secondary N) is 2. The molecule has 10 heteroatoms. The molecule has 1 aliphatic rings. The fourth-order valence-corrected chi connectivity index (χ4v) is 3.53. The van der Waals surface area contributed by atoms with E-state index in [4.69, 9.17) is 10.5 Å². The van der Waals surface area contributed by atoms with Crippen LogP contribution in [0.5, 0.6) is 0 Å². The first-order valence-corrected chi connectivity index (χ1v) is 10.8. The van der Waals surface area contributed by atoms with Crippen LogP contribution in [0.4, 0.5) is 25.8 Å². The smallest absolute Gasteiger partial charge is 0.286 e. The Hall–Kier alpha value is -3.53. The molecular formula is C24H33F2N5O3. The summed E-state index contributed by atoms with van der Waals surface area (Å²) in [6, 6.07) is 8.73. The third kappa shape index (κ3) is 7.51. The molecule has 0 spiro atoms. The van der Waals surface area contributed by atoms with E-state index >= 15 is 0 Å². The molecule has 0 bridgehead atoms. The monoisotopic (exact) mass is 477 g/mol. The Bertz CT molecular complexity index is 927. The molecule has 186 valence electrons.